The molecule has 6 nitrogen and oxygen atoms in total. The Bertz CT molecular complexity index is 627. The Morgan fingerprint density at radius 3 is 2.70 bits per heavy atom. The van der Waals surface area contributed by atoms with E-state index in [9.17, 15) is 4.79 Å². The Labute approximate surface area is 115 Å². The molecule has 20 heavy (non-hydrogen) atoms. The van der Waals surface area contributed by atoms with Gasteiger partial charge in [-0.2, -0.15) is 0 Å². The molecule has 0 aliphatic rings. The minimum Gasteiger partial charge on any atom is -0.493 e. The number of carbonyl (C=O) groups is 1. The summed E-state index contributed by atoms with van der Waals surface area (Å²) in [6.07, 6.45) is 0. The van der Waals surface area contributed by atoms with Gasteiger partial charge in [-0.05, 0) is 23.8 Å². The molecule has 0 aliphatic carbocycles. The summed E-state index contributed by atoms with van der Waals surface area (Å²) in [5, 5.41) is 17.9. The van der Waals surface area contributed by atoms with E-state index < -0.39 is 5.97 Å². The Balaban J connectivity index is 2.29. The molecule has 0 amide bonds. The van der Waals surface area contributed by atoms with Crippen molar-refractivity contribution in [1.82, 2.24) is 4.98 Å². The average molecular weight is 275 g/mol. The molecule has 104 valence electrons. The summed E-state index contributed by atoms with van der Waals surface area (Å²) in [6.45, 7) is -0.108. The number of aromatic nitrogens is 1. The fourth-order valence-electron chi connectivity index (χ4n) is 1.60. The van der Waals surface area contributed by atoms with Crippen molar-refractivity contribution in [1.29, 1.82) is 0 Å². The van der Waals surface area contributed by atoms with Gasteiger partial charge in [0, 0.05) is 6.07 Å². The quantitative estimate of drug-likeness (QED) is 0.868. The lowest BCUT2D eigenvalue weighted by Crippen LogP contribution is -2.01. The smallest absolute Gasteiger partial charge is 0.354 e. The standard InChI is InChI=1S/C14H13NO5/c1-19-12-7-9(8-16)5-6-11(12)20-13-4-2-3-10(15-13)14(17)18/h2-7,16H,8H2,1H3,(H,17,18). The van der Waals surface area contributed by atoms with E-state index >= 15 is 0 Å². The topological polar surface area (TPSA) is 88.9 Å². The molecule has 0 fully saturated rings. The van der Waals surface area contributed by atoms with E-state index in [0.717, 1.165) is 0 Å². The lowest BCUT2D eigenvalue weighted by Gasteiger charge is -2.10. The SMILES string of the molecule is COc1cc(CO)ccc1Oc1cccc(C(=O)O)n1. The third-order valence-electron chi connectivity index (χ3n) is 2.57. The van der Waals surface area contributed by atoms with Crippen LogP contribution >= 0.6 is 0 Å². The number of rotatable bonds is 5. The van der Waals surface area contributed by atoms with Crippen LogP contribution in [0.1, 0.15) is 16.1 Å². The number of methoxy groups -OCH3 is 1. The molecule has 1 aromatic heterocycles. The molecule has 6 heteroatoms. The van der Waals surface area contributed by atoms with E-state index in [1.165, 1.54) is 13.2 Å². The first-order valence-corrected chi connectivity index (χ1v) is 5.80. The number of hydrogen-bond donors (Lipinski definition) is 2. The second kappa shape index (κ2) is 6.03. The van der Waals surface area contributed by atoms with Crippen LogP contribution in [0.5, 0.6) is 17.4 Å². The Morgan fingerprint density at radius 1 is 1.25 bits per heavy atom. The number of aliphatic hydroxyl groups excluding tert-OH is 1. The molecule has 2 N–H and O–H groups in total. The fourth-order valence-corrected chi connectivity index (χ4v) is 1.60. The Morgan fingerprint density at radius 2 is 2.05 bits per heavy atom. The summed E-state index contributed by atoms with van der Waals surface area (Å²) < 4.78 is 10.7. The zero-order valence-electron chi connectivity index (χ0n) is 10.7. The van der Waals surface area contributed by atoms with E-state index in [0.29, 0.717) is 17.1 Å². The zero-order chi connectivity index (χ0) is 14.5. The number of nitrogens with zero attached hydrogens (tertiary/aromatic N) is 1. The van der Waals surface area contributed by atoms with Crippen molar-refractivity contribution < 1.29 is 24.5 Å². The highest BCUT2D eigenvalue weighted by Crippen LogP contribution is 2.31. The number of carboxylic acids is 1. The molecule has 2 rings (SSSR count). The predicted molar refractivity (Wildman–Crippen MR) is 70.2 cm³/mol. The number of ether oxygens (including phenoxy) is 2. The first-order chi connectivity index (χ1) is 9.63. The van der Waals surface area contributed by atoms with Crippen LogP contribution in [0, 0.1) is 0 Å². The Kier molecular flexibility index (Phi) is 4.17. The van der Waals surface area contributed by atoms with Crippen LogP contribution in [0.4, 0.5) is 0 Å². The molecule has 0 bridgehead atoms. The van der Waals surface area contributed by atoms with Crippen molar-refractivity contribution in [3.63, 3.8) is 0 Å². The highest BCUT2D eigenvalue weighted by Gasteiger charge is 2.10. The minimum atomic E-state index is -1.13. The van der Waals surface area contributed by atoms with E-state index in [-0.39, 0.29) is 18.2 Å². The molecule has 0 spiro atoms. The van der Waals surface area contributed by atoms with Crippen molar-refractivity contribution in [2.45, 2.75) is 6.61 Å². The van der Waals surface area contributed by atoms with Gasteiger partial charge in [-0.1, -0.05) is 12.1 Å². The first-order valence-electron chi connectivity index (χ1n) is 5.80. The van der Waals surface area contributed by atoms with Crippen LogP contribution in [0.25, 0.3) is 0 Å². The largest absolute Gasteiger partial charge is 0.493 e. The minimum absolute atomic E-state index is 0.103. The summed E-state index contributed by atoms with van der Waals surface area (Å²) in [4.78, 5) is 14.7. The molecule has 0 radical (unpaired) electrons. The van der Waals surface area contributed by atoms with Crippen LogP contribution in [-0.4, -0.2) is 28.3 Å². The lowest BCUT2D eigenvalue weighted by atomic mass is 10.2. The van der Waals surface area contributed by atoms with Gasteiger partial charge in [0.2, 0.25) is 5.88 Å². The maximum Gasteiger partial charge on any atom is 0.354 e. The van der Waals surface area contributed by atoms with Crippen molar-refractivity contribution in [3.8, 4) is 17.4 Å². The molecular weight excluding hydrogens is 262 g/mol. The summed E-state index contributed by atoms with van der Waals surface area (Å²) >= 11 is 0. The monoisotopic (exact) mass is 275 g/mol. The summed E-state index contributed by atoms with van der Waals surface area (Å²) in [6, 6.07) is 9.41. The number of benzene rings is 1. The molecule has 0 aliphatic heterocycles. The highest BCUT2D eigenvalue weighted by molar-refractivity contribution is 5.85. The molecular formula is C14H13NO5. The van der Waals surface area contributed by atoms with Gasteiger partial charge in [-0.15, -0.1) is 0 Å². The maximum absolute atomic E-state index is 10.8. The van der Waals surface area contributed by atoms with Gasteiger partial charge in [0.25, 0.3) is 0 Å². The number of hydrogen-bond acceptors (Lipinski definition) is 5. The van der Waals surface area contributed by atoms with E-state index in [1.807, 2.05) is 0 Å². The number of aromatic carboxylic acids is 1. The van der Waals surface area contributed by atoms with Gasteiger partial charge in [-0.25, -0.2) is 9.78 Å². The second-order valence-electron chi connectivity index (χ2n) is 3.91. The van der Waals surface area contributed by atoms with E-state index in [2.05, 4.69) is 4.98 Å². The van der Waals surface area contributed by atoms with Crippen LogP contribution in [0.3, 0.4) is 0 Å². The summed E-state index contributed by atoms with van der Waals surface area (Å²) in [5.74, 6) is -0.156. The van der Waals surface area contributed by atoms with Gasteiger partial charge in [0.15, 0.2) is 17.2 Å². The second-order valence-corrected chi connectivity index (χ2v) is 3.91. The molecule has 1 aromatic carbocycles. The third-order valence-corrected chi connectivity index (χ3v) is 2.57. The van der Waals surface area contributed by atoms with Crippen molar-refractivity contribution in [3.05, 3.63) is 47.7 Å². The van der Waals surface area contributed by atoms with Crippen LogP contribution in [0.2, 0.25) is 0 Å². The molecule has 0 saturated carbocycles. The predicted octanol–water partition coefficient (Wildman–Crippen LogP) is 2.07. The van der Waals surface area contributed by atoms with Gasteiger partial charge in [0.05, 0.1) is 13.7 Å². The van der Waals surface area contributed by atoms with E-state index in [1.54, 1.807) is 30.3 Å². The van der Waals surface area contributed by atoms with Crippen molar-refractivity contribution >= 4 is 5.97 Å². The normalized spacial score (nSPS) is 10.1. The maximum atomic E-state index is 10.8. The summed E-state index contributed by atoms with van der Waals surface area (Å²) in [5.41, 5.74) is 0.579. The van der Waals surface area contributed by atoms with Crippen LogP contribution in [-0.2, 0) is 6.61 Å². The van der Waals surface area contributed by atoms with Gasteiger partial charge < -0.3 is 19.7 Å². The van der Waals surface area contributed by atoms with Gasteiger partial charge in [0.1, 0.15) is 0 Å². The van der Waals surface area contributed by atoms with Crippen LogP contribution in [0.15, 0.2) is 36.4 Å². The highest BCUT2D eigenvalue weighted by atomic mass is 16.5. The summed E-state index contributed by atoms with van der Waals surface area (Å²) in [7, 11) is 1.48. The van der Waals surface area contributed by atoms with Gasteiger partial charge in [-0.3, -0.25) is 0 Å². The van der Waals surface area contributed by atoms with Crippen LogP contribution < -0.4 is 9.47 Å². The molecule has 1 heterocycles. The number of pyridine rings is 1. The average Bonchev–Trinajstić information content (AvgIpc) is 2.48. The van der Waals surface area contributed by atoms with E-state index in [4.69, 9.17) is 19.7 Å². The van der Waals surface area contributed by atoms with Gasteiger partial charge >= 0.3 is 5.97 Å². The molecule has 0 saturated heterocycles. The Hall–Kier alpha value is -2.60. The first kappa shape index (κ1) is 13.8. The fraction of sp³-hybridized carbons (Fsp3) is 0.143. The number of aliphatic hydroxyl groups is 1. The molecule has 2 aromatic rings. The van der Waals surface area contributed by atoms with Crippen molar-refractivity contribution in [2.24, 2.45) is 0 Å². The third kappa shape index (κ3) is 3.04. The molecule has 0 atom stereocenters. The number of carboxylic acid groups (broad SMARTS) is 1. The zero-order valence-corrected chi connectivity index (χ0v) is 10.7. The lowest BCUT2D eigenvalue weighted by molar-refractivity contribution is 0.0689. The molecule has 0 unspecified atom stereocenters. The van der Waals surface area contributed by atoms with Crippen molar-refractivity contribution in [2.75, 3.05) is 7.11 Å².